The molecule has 1 aromatic heterocycles. The molecule has 100 valence electrons. The minimum absolute atomic E-state index is 0.165. The zero-order valence-corrected chi connectivity index (χ0v) is 11.5. The standard InChI is InChI=1S/C13H14N2O3S/c1-9(7-14)8-15(2)13(18)11-5-3-10(19-11)4-6-12(16)17/h3-6,9H,8H2,1-2H3,(H,16,17)/b6-4+. The highest BCUT2D eigenvalue weighted by atomic mass is 32.1. The summed E-state index contributed by atoms with van der Waals surface area (Å²) in [6.07, 6.45) is 2.48. The summed E-state index contributed by atoms with van der Waals surface area (Å²) in [6, 6.07) is 5.42. The molecule has 1 unspecified atom stereocenters. The Kier molecular flexibility index (Phi) is 5.27. The lowest BCUT2D eigenvalue weighted by Gasteiger charge is -2.17. The van der Waals surface area contributed by atoms with E-state index in [1.54, 1.807) is 26.1 Å². The summed E-state index contributed by atoms with van der Waals surface area (Å²) in [5, 5.41) is 17.2. The molecule has 0 radical (unpaired) electrons. The van der Waals surface area contributed by atoms with E-state index in [-0.39, 0.29) is 11.8 Å². The molecule has 0 aromatic carbocycles. The Balaban J connectivity index is 2.73. The van der Waals surface area contributed by atoms with Crippen LogP contribution in [0.1, 0.15) is 21.5 Å². The van der Waals surface area contributed by atoms with Crippen molar-refractivity contribution >= 4 is 29.3 Å². The Bertz CT molecular complexity index is 542. The topological polar surface area (TPSA) is 81.4 Å². The highest BCUT2D eigenvalue weighted by Gasteiger charge is 2.15. The molecule has 6 heteroatoms. The molecule has 0 fully saturated rings. The molecular weight excluding hydrogens is 264 g/mol. The van der Waals surface area contributed by atoms with E-state index in [0.717, 1.165) is 6.08 Å². The van der Waals surface area contributed by atoms with Crippen LogP contribution in [0.2, 0.25) is 0 Å². The van der Waals surface area contributed by atoms with Crippen LogP contribution in [0.3, 0.4) is 0 Å². The molecule has 0 saturated heterocycles. The van der Waals surface area contributed by atoms with Gasteiger partial charge in [0.2, 0.25) is 0 Å². The minimum atomic E-state index is -1.03. The first-order valence-corrected chi connectivity index (χ1v) is 6.41. The number of nitrogens with zero attached hydrogens (tertiary/aromatic N) is 2. The molecule has 1 atom stereocenters. The van der Waals surface area contributed by atoms with E-state index in [9.17, 15) is 9.59 Å². The van der Waals surface area contributed by atoms with Gasteiger partial charge >= 0.3 is 5.97 Å². The number of aliphatic carboxylic acids is 1. The normalized spacial score (nSPS) is 12.1. The van der Waals surface area contributed by atoms with E-state index in [2.05, 4.69) is 6.07 Å². The number of nitriles is 1. The molecule has 1 rings (SSSR count). The van der Waals surface area contributed by atoms with Crippen LogP contribution in [-0.2, 0) is 4.79 Å². The summed E-state index contributed by atoms with van der Waals surface area (Å²) < 4.78 is 0. The number of carboxylic acids is 1. The van der Waals surface area contributed by atoms with Crippen molar-refractivity contribution in [3.05, 3.63) is 28.0 Å². The van der Waals surface area contributed by atoms with E-state index in [4.69, 9.17) is 10.4 Å². The van der Waals surface area contributed by atoms with Crippen molar-refractivity contribution in [2.24, 2.45) is 5.92 Å². The molecule has 0 aliphatic rings. The van der Waals surface area contributed by atoms with Gasteiger partial charge in [-0.2, -0.15) is 5.26 Å². The average molecular weight is 278 g/mol. The zero-order valence-electron chi connectivity index (χ0n) is 10.7. The van der Waals surface area contributed by atoms with Crippen LogP contribution in [0.5, 0.6) is 0 Å². The quantitative estimate of drug-likeness (QED) is 0.836. The van der Waals surface area contributed by atoms with Gasteiger partial charge in [-0.3, -0.25) is 4.79 Å². The number of amides is 1. The minimum Gasteiger partial charge on any atom is -0.478 e. The Morgan fingerprint density at radius 2 is 2.26 bits per heavy atom. The molecule has 19 heavy (non-hydrogen) atoms. The second kappa shape index (κ2) is 6.71. The molecule has 5 nitrogen and oxygen atoms in total. The second-order valence-corrected chi connectivity index (χ2v) is 5.20. The smallest absolute Gasteiger partial charge is 0.328 e. The van der Waals surface area contributed by atoms with E-state index in [0.29, 0.717) is 16.3 Å². The first-order valence-electron chi connectivity index (χ1n) is 5.60. The van der Waals surface area contributed by atoms with Gasteiger partial charge < -0.3 is 10.0 Å². The van der Waals surface area contributed by atoms with Crippen molar-refractivity contribution in [3.63, 3.8) is 0 Å². The molecule has 0 aliphatic heterocycles. The van der Waals surface area contributed by atoms with Crippen LogP contribution in [-0.4, -0.2) is 35.5 Å². The number of carbonyl (C=O) groups excluding carboxylic acids is 1. The second-order valence-electron chi connectivity index (χ2n) is 4.09. The maximum atomic E-state index is 12.0. The van der Waals surface area contributed by atoms with Crippen molar-refractivity contribution in [2.45, 2.75) is 6.92 Å². The Morgan fingerprint density at radius 1 is 1.58 bits per heavy atom. The Morgan fingerprint density at radius 3 is 2.84 bits per heavy atom. The molecule has 0 spiro atoms. The monoisotopic (exact) mass is 278 g/mol. The van der Waals surface area contributed by atoms with Gasteiger partial charge in [-0.05, 0) is 25.1 Å². The van der Waals surface area contributed by atoms with Crippen molar-refractivity contribution in [3.8, 4) is 6.07 Å². The lowest BCUT2D eigenvalue weighted by atomic mass is 10.2. The van der Waals surface area contributed by atoms with Crippen LogP contribution in [0, 0.1) is 17.2 Å². The summed E-state index contributed by atoms with van der Waals surface area (Å²) in [5.41, 5.74) is 0. The molecule has 1 N–H and O–H groups in total. The average Bonchev–Trinajstić information content (AvgIpc) is 2.83. The third kappa shape index (κ3) is 4.56. The third-order valence-corrected chi connectivity index (χ3v) is 3.38. The van der Waals surface area contributed by atoms with Gasteiger partial charge in [0.1, 0.15) is 0 Å². The van der Waals surface area contributed by atoms with Crippen molar-refractivity contribution in [1.29, 1.82) is 5.26 Å². The van der Waals surface area contributed by atoms with Crippen LogP contribution >= 0.6 is 11.3 Å². The van der Waals surface area contributed by atoms with Gasteiger partial charge in [0.25, 0.3) is 5.91 Å². The number of rotatable bonds is 5. The summed E-state index contributed by atoms with van der Waals surface area (Å²) in [7, 11) is 1.64. The van der Waals surface area contributed by atoms with Gasteiger partial charge in [-0.1, -0.05) is 0 Å². The molecule has 0 saturated carbocycles. The van der Waals surface area contributed by atoms with Gasteiger partial charge in [-0.25, -0.2) is 4.79 Å². The molecule has 0 aliphatic carbocycles. The predicted molar refractivity (Wildman–Crippen MR) is 72.7 cm³/mol. The highest BCUT2D eigenvalue weighted by molar-refractivity contribution is 7.14. The summed E-state index contributed by atoms with van der Waals surface area (Å²) in [4.78, 5) is 25.1. The number of thiophene rings is 1. The lowest BCUT2D eigenvalue weighted by molar-refractivity contribution is -0.131. The molecular formula is C13H14N2O3S. The number of carboxylic acid groups (broad SMARTS) is 1. The third-order valence-electron chi connectivity index (χ3n) is 2.34. The predicted octanol–water partition coefficient (Wildman–Crippen LogP) is 2.08. The van der Waals surface area contributed by atoms with Crippen LogP contribution < -0.4 is 0 Å². The molecule has 1 aromatic rings. The molecule has 1 heterocycles. The van der Waals surface area contributed by atoms with Gasteiger partial charge in [0.05, 0.1) is 16.9 Å². The van der Waals surface area contributed by atoms with Gasteiger partial charge in [0.15, 0.2) is 0 Å². The Labute approximate surface area is 115 Å². The van der Waals surface area contributed by atoms with E-state index >= 15 is 0 Å². The largest absolute Gasteiger partial charge is 0.478 e. The highest BCUT2D eigenvalue weighted by Crippen LogP contribution is 2.19. The number of carbonyl (C=O) groups is 2. The summed E-state index contributed by atoms with van der Waals surface area (Å²) in [6.45, 7) is 2.12. The number of hydrogen-bond donors (Lipinski definition) is 1. The van der Waals surface area contributed by atoms with Gasteiger partial charge in [-0.15, -0.1) is 11.3 Å². The molecule has 0 bridgehead atoms. The first-order chi connectivity index (χ1) is 8.93. The van der Waals surface area contributed by atoms with Crippen LogP contribution in [0.15, 0.2) is 18.2 Å². The first kappa shape index (κ1) is 14.9. The van der Waals surface area contributed by atoms with E-state index in [1.807, 2.05) is 0 Å². The maximum Gasteiger partial charge on any atom is 0.328 e. The van der Waals surface area contributed by atoms with Crippen molar-refractivity contribution in [1.82, 2.24) is 4.90 Å². The van der Waals surface area contributed by atoms with Crippen LogP contribution in [0.25, 0.3) is 6.08 Å². The fraction of sp³-hybridized carbons (Fsp3) is 0.308. The fourth-order valence-corrected chi connectivity index (χ4v) is 2.34. The summed E-state index contributed by atoms with van der Waals surface area (Å²) >= 11 is 1.22. The Hall–Kier alpha value is -2.13. The zero-order chi connectivity index (χ0) is 14.4. The van der Waals surface area contributed by atoms with Crippen molar-refractivity contribution in [2.75, 3.05) is 13.6 Å². The summed E-state index contributed by atoms with van der Waals surface area (Å²) in [5.74, 6) is -1.41. The maximum absolute atomic E-state index is 12.0. The number of hydrogen-bond acceptors (Lipinski definition) is 4. The van der Waals surface area contributed by atoms with E-state index in [1.165, 1.54) is 22.3 Å². The molecule has 1 amide bonds. The van der Waals surface area contributed by atoms with E-state index < -0.39 is 5.97 Å². The lowest BCUT2D eigenvalue weighted by Crippen LogP contribution is -2.30. The van der Waals surface area contributed by atoms with Crippen molar-refractivity contribution < 1.29 is 14.7 Å². The van der Waals surface area contributed by atoms with Gasteiger partial charge in [0, 0.05) is 24.5 Å². The fourth-order valence-electron chi connectivity index (χ4n) is 1.43. The SMILES string of the molecule is CC(C#N)CN(C)C(=O)c1ccc(/C=C/C(=O)O)s1. The van der Waals surface area contributed by atoms with Crippen LogP contribution in [0.4, 0.5) is 0 Å².